The molecule has 1 aliphatic heterocycles. The number of likely N-dealkylation sites (N-methyl/N-ethyl adjacent to an activating group) is 1. The minimum atomic E-state index is 0.130. The molecule has 4 aliphatic rings. The van der Waals surface area contributed by atoms with Crippen LogP contribution in [0.15, 0.2) is 48.5 Å². The van der Waals surface area contributed by atoms with Gasteiger partial charge in [-0.05, 0) is 42.1 Å². The molecule has 0 radical (unpaired) electrons. The van der Waals surface area contributed by atoms with Crippen LogP contribution in [-0.4, -0.2) is 31.3 Å². The molecular formula is C21H23NO. The fraction of sp³-hybridized carbons (Fsp3) is 0.429. The Bertz CT molecular complexity index is 706. The summed E-state index contributed by atoms with van der Waals surface area (Å²) in [6.45, 7) is 1.91. The van der Waals surface area contributed by atoms with Gasteiger partial charge in [-0.1, -0.05) is 48.5 Å². The molecule has 0 spiro atoms. The van der Waals surface area contributed by atoms with Gasteiger partial charge in [0.05, 0.1) is 6.61 Å². The van der Waals surface area contributed by atoms with Crippen LogP contribution in [0, 0.1) is 0 Å². The second-order valence-electron chi connectivity index (χ2n) is 7.36. The summed E-state index contributed by atoms with van der Waals surface area (Å²) in [4.78, 5) is 2.38. The summed E-state index contributed by atoms with van der Waals surface area (Å²) in [5.74, 6) is 0.589. The Morgan fingerprint density at radius 3 is 2.30 bits per heavy atom. The summed E-state index contributed by atoms with van der Waals surface area (Å²) < 4.78 is 6.07. The molecular weight excluding hydrogens is 282 g/mol. The van der Waals surface area contributed by atoms with Crippen molar-refractivity contribution >= 4 is 0 Å². The van der Waals surface area contributed by atoms with Gasteiger partial charge in [-0.25, -0.2) is 0 Å². The molecule has 1 atom stereocenters. The first kappa shape index (κ1) is 13.8. The molecule has 2 bridgehead atoms. The molecule has 118 valence electrons. The van der Waals surface area contributed by atoms with Crippen molar-refractivity contribution in [3.63, 3.8) is 0 Å². The quantitative estimate of drug-likeness (QED) is 0.834. The highest BCUT2D eigenvalue weighted by Crippen LogP contribution is 2.58. The average Bonchev–Trinajstić information content (AvgIpc) is 3.00. The average molecular weight is 305 g/mol. The minimum absolute atomic E-state index is 0.130. The highest BCUT2D eigenvalue weighted by molar-refractivity contribution is 5.59. The SMILES string of the molecule is CN1CCO[C@@H]1CC12CCC(c3ccccc31)c1ccccc12. The highest BCUT2D eigenvalue weighted by atomic mass is 16.5. The zero-order chi connectivity index (χ0) is 15.4. The van der Waals surface area contributed by atoms with Gasteiger partial charge in [0.15, 0.2) is 0 Å². The Morgan fingerprint density at radius 2 is 1.70 bits per heavy atom. The van der Waals surface area contributed by atoms with Crippen LogP contribution in [0.25, 0.3) is 0 Å². The van der Waals surface area contributed by atoms with Crippen LogP contribution in [0.2, 0.25) is 0 Å². The van der Waals surface area contributed by atoms with E-state index in [4.69, 9.17) is 4.74 Å². The van der Waals surface area contributed by atoms with Crippen molar-refractivity contribution in [2.24, 2.45) is 0 Å². The number of rotatable bonds is 2. The number of fused-ring (bicyclic) bond motifs is 1. The largest absolute Gasteiger partial charge is 0.362 e. The van der Waals surface area contributed by atoms with E-state index in [1.807, 2.05) is 0 Å². The first-order valence-electron chi connectivity index (χ1n) is 8.80. The maximum absolute atomic E-state index is 6.07. The smallest absolute Gasteiger partial charge is 0.111 e. The number of benzene rings is 2. The lowest BCUT2D eigenvalue weighted by Crippen LogP contribution is -2.44. The topological polar surface area (TPSA) is 12.5 Å². The summed E-state index contributed by atoms with van der Waals surface area (Å²) in [6.07, 6.45) is 3.83. The summed E-state index contributed by atoms with van der Waals surface area (Å²) >= 11 is 0. The maximum atomic E-state index is 6.07. The van der Waals surface area contributed by atoms with E-state index in [-0.39, 0.29) is 11.6 Å². The van der Waals surface area contributed by atoms with E-state index in [9.17, 15) is 0 Å². The molecule has 0 N–H and O–H groups in total. The van der Waals surface area contributed by atoms with Crippen LogP contribution < -0.4 is 0 Å². The minimum Gasteiger partial charge on any atom is -0.362 e. The Morgan fingerprint density at radius 1 is 1.04 bits per heavy atom. The molecule has 0 saturated carbocycles. The van der Waals surface area contributed by atoms with Gasteiger partial charge in [0, 0.05) is 24.3 Å². The maximum Gasteiger partial charge on any atom is 0.111 e. The number of hydrogen-bond acceptors (Lipinski definition) is 2. The molecule has 2 heteroatoms. The molecule has 0 amide bonds. The van der Waals surface area contributed by atoms with Gasteiger partial charge >= 0.3 is 0 Å². The Labute approximate surface area is 138 Å². The molecule has 0 unspecified atom stereocenters. The molecule has 2 aromatic carbocycles. The Kier molecular flexibility index (Phi) is 2.95. The Hall–Kier alpha value is -1.64. The predicted octanol–water partition coefficient (Wildman–Crippen LogP) is 3.89. The predicted molar refractivity (Wildman–Crippen MR) is 91.7 cm³/mol. The third-order valence-corrected chi connectivity index (χ3v) is 6.33. The molecule has 2 aromatic rings. The normalized spacial score (nSPS) is 31.9. The van der Waals surface area contributed by atoms with Crippen molar-refractivity contribution in [3.05, 3.63) is 70.8 Å². The van der Waals surface area contributed by atoms with E-state index in [1.165, 1.54) is 12.8 Å². The van der Waals surface area contributed by atoms with Gasteiger partial charge in [-0.3, -0.25) is 4.90 Å². The van der Waals surface area contributed by atoms with Crippen LogP contribution in [0.3, 0.4) is 0 Å². The summed E-state index contributed by atoms with van der Waals surface area (Å²) in [6, 6.07) is 18.3. The third-order valence-electron chi connectivity index (χ3n) is 6.33. The van der Waals surface area contributed by atoms with E-state index < -0.39 is 0 Å². The molecule has 6 rings (SSSR count). The van der Waals surface area contributed by atoms with Gasteiger partial charge < -0.3 is 4.74 Å². The lowest BCUT2D eigenvalue weighted by atomic mass is 9.54. The van der Waals surface area contributed by atoms with Crippen molar-refractivity contribution in [1.29, 1.82) is 0 Å². The first-order chi connectivity index (χ1) is 11.3. The molecule has 3 aliphatic carbocycles. The number of hydrogen-bond donors (Lipinski definition) is 0. The van der Waals surface area contributed by atoms with Crippen LogP contribution in [0.4, 0.5) is 0 Å². The van der Waals surface area contributed by atoms with Crippen molar-refractivity contribution in [3.8, 4) is 0 Å². The zero-order valence-electron chi connectivity index (χ0n) is 13.7. The molecule has 23 heavy (non-hydrogen) atoms. The summed E-state index contributed by atoms with van der Waals surface area (Å²) in [5, 5.41) is 0. The molecule has 0 aromatic heterocycles. The fourth-order valence-electron chi connectivity index (χ4n) is 5.20. The second kappa shape index (κ2) is 4.93. The number of ether oxygens (including phenoxy) is 1. The Balaban J connectivity index is 1.70. The van der Waals surface area contributed by atoms with Gasteiger partial charge in [-0.15, -0.1) is 0 Å². The lowest BCUT2D eigenvalue weighted by molar-refractivity contribution is 0.0204. The van der Waals surface area contributed by atoms with Crippen molar-refractivity contribution in [2.75, 3.05) is 20.2 Å². The standard InChI is InChI=1S/C21H23NO/c1-22-12-13-23-20(22)14-21-11-10-15(16-6-2-4-8-18(16)21)17-7-3-5-9-19(17)21/h2-9,15,20H,10-14H2,1H3/t15?,20-,21?/m1/s1. The molecule has 1 saturated heterocycles. The van der Waals surface area contributed by atoms with Crippen LogP contribution in [0.1, 0.15) is 47.4 Å². The number of nitrogens with zero attached hydrogens (tertiary/aromatic N) is 1. The fourth-order valence-corrected chi connectivity index (χ4v) is 5.20. The van der Waals surface area contributed by atoms with Crippen LogP contribution >= 0.6 is 0 Å². The van der Waals surface area contributed by atoms with E-state index in [1.54, 1.807) is 22.3 Å². The van der Waals surface area contributed by atoms with E-state index in [0.717, 1.165) is 19.6 Å². The monoisotopic (exact) mass is 305 g/mol. The van der Waals surface area contributed by atoms with E-state index >= 15 is 0 Å². The van der Waals surface area contributed by atoms with E-state index in [0.29, 0.717) is 5.92 Å². The first-order valence-corrected chi connectivity index (χ1v) is 8.80. The van der Waals surface area contributed by atoms with Crippen molar-refractivity contribution in [1.82, 2.24) is 4.90 Å². The highest BCUT2D eigenvalue weighted by Gasteiger charge is 2.49. The molecule has 1 heterocycles. The molecule has 2 nitrogen and oxygen atoms in total. The zero-order valence-corrected chi connectivity index (χ0v) is 13.7. The van der Waals surface area contributed by atoms with Gasteiger partial charge in [0.2, 0.25) is 0 Å². The van der Waals surface area contributed by atoms with Gasteiger partial charge in [0.1, 0.15) is 6.23 Å². The lowest BCUT2D eigenvalue weighted by Gasteiger charge is -2.50. The third kappa shape index (κ3) is 1.82. The van der Waals surface area contributed by atoms with E-state index in [2.05, 4.69) is 60.5 Å². The molecule has 1 fully saturated rings. The summed E-state index contributed by atoms with van der Waals surface area (Å²) in [7, 11) is 2.20. The second-order valence-corrected chi connectivity index (χ2v) is 7.36. The van der Waals surface area contributed by atoms with Gasteiger partial charge in [0.25, 0.3) is 0 Å². The van der Waals surface area contributed by atoms with Crippen LogP contribution in [0.5, 0.6) is 0 Å². The van der Waals surface area contributed by atoms with Crippen molar-refractivity contribution in [2.45, 2.75) is 36.8 Å². The van der Waals surface area contributed by atoms with Crippen molar-refractivity contribution < 1.29 is 4.74 Å². The van der Waals surface area contributed by atoms with Crippen LogP contribution in [-0.2, 0) is 10.2 Å². The van der Waals surface area contributed by atoms with Gasteiger partial charge in [-0.2, -0.15) is 0 Å². The summed E-state index contributed by atoms with van der Waals surface area (Å²) in [5.41, 5.74) is 6.35.